The quantitative estimate of drug-likeness (QED) is 0.731. The van der Waals surface area contributed by atoms with Gasteiger partial charge in [0, 0.05) is 25.8 Å². The third-order valence-electron chi connectivity index (χ3n) is 3.96. The van der Waals surface area contributed by atoms with Crippen LogP contribution in [0.5, 0.6) is 5.75 Å². The van der Waals surface area contributed by atoms with Gasteiger partial charge in [0.2, 0.25) is 0 Å². The molecular formula is C18H24FN3O2. The lowest BCUT2D eigenvalue weighted by Gasteiger charge is -2.17. The van der Waals surface area contributed by atoms with E-state index in [1.165, 1.54) is 12.1 Å². The van der Waals surface area contributed by atoms with Gasteiger partial charge >= 0.3 is 0 Å². The van der Waals surface area contributed by atoms with Crippen molar-refractivity contribution in [2.75, 3.05) is 20.2 Å². The number of benzene rings is 1. The first-order chi connectivity index (χ1) is 11.4. The van der Waals surface area contributed by atoms with E-state index in [1.54, 1.807) is 24.1 Å². The van der Waals surface area contributed by atoms with E-state index in [0.717, 1.165) is 17.9 Å². The summed E-state index contributed by atoms with van der Waals surface area (Å²) in [4.78, 5) is 14.3. The predicted octanol–water partition coefficient (Wildman–Crippen LogP) is 3.20. The number of hydrogen-bond donors (Lipinski definition) is 0. The van der Waals surface area contributed by atoms with Crippen molar-refractivity contribution in [1.82, 2.24) is 14.7 Å². The summed E-state index contributed by atoms with van der Waals surface area (Å²) in [6.45, 7) is 7.57. The number of carbonyl (C=O) groups is 1. The highest BCUT2D eigenvalue weighted by Crippen LogP contribution is 2.16. The standard InChI is InChI=1S/C18H24FN3O2/c1-5-22-14(3)17(13(2)20-22)18(23)21(4)11-6-12-24-16-9-7-15(19)8-10-16/h7-10H,5-6,11-12H2,1-4H3. The number of amides is 1. The van der Waals surface area contributed by atoms with Crippen LogP contribution in [0, 0.1) is 19.7 Å². The van der Waals surface area contributed by atoms with Crippen LogP contribution >= 0.6 is 0 Å². The maximum atomic E-state index is 12.8. The highest BCUT2D eigenvalue weighted by Gasteiger charge is 2.21. The zero-order chi connectivity index (χ0) is 17.7. The molecule has 0 saturated heterocycles. The number of carbonyl (C=O) groups excluding carboxylic acids is 1. The number of hydrogen-bond acceptors (Lipinski definition) is 3. The molecule has 5 nitrogen and oxygen atoms in total. The van der Waals surface area contributed by atoms with E-state index in [9.17, 15) is 9.18 Å². The summed E-state index contributed by atoms with van der Waals surface area (Å²) < 4.78 is 20.2. The average Bonchev–Trinajstić information content (AvgIpc) is 2.86. The van der Waals surface area contributed by atoms with E-state index in [4.69, 9.17) is 4.74 Å². The Kier molecular flexibility index (Phi) is 5.95. The largest absolute Gasteiger partial charge is 0.494 e. The summed E-state index contributed by atoms with van der Waals surface area (Å²) in [5.41, 5.74) is 2.34. The van der Waals surface area contributed by atoms with Crippen molar-refractivity contribution in [2.24, 2.45) is 0 Å². The summed E-state index contributed by atoms with van der Waals surface area (Å²) in [5.74, 6) is 0.318. The maximum Gasteiger partial charge on any atom is 0.257 e. The van der Waals surface area contributed by atoms with Crippen LogP contribution < -0.4 is 4.74 Å². The summed E-state index contributed by atoms with van der Waals surface area (Å²) >= 11 is 0. The van der Waals surface area contributed by atoms with Crippen LogP contribution in [-0.2, 0) is 6.54 Å². The highest BCUT2D eigenvalue weighted by molar-refractivity contribution is 5.96. The lowest BCUT2D eigenvalue weighted by molar-refractivity contribution is 0.0786. The monoisotopic (exact) mass is 333 g/mol. The van der Waals surface area contributed by atoms with E-state index in [-0.39, 0.29) is 11.7 Å². The Morgan fingerprint density at radius 3 is 2.54 bits per heavy atom. The van der Waals surface area contributed by atoms with Gasteiger partial charge in [-0.3, -0.25) is 9.48 Å². The molecule has 0 unspecified atom stereocenters. The topological polar surface area (TPSA) is 47.4 Å². The zero-order valence-electron chi connectivity index (χ0n) is 14.7. The van der Waals surface area contributed by atoms with Crippen molar-refractivity contribution in [2.45, 2.75) is 33.7 Å². The predicted molar refractivity (Wildman–Crippen MR) is 90.8 cm³/mol. The molecule has 24 heavy (non-hydrogen) atoms. The van der Waals surface area contributed by atoms with Crippen molar-refractivity contribution in [1.29, 1.82) is 0 Å². The van der Waals surface area contributed by atoms with Gasteiger partial charge in [-0.05, 0) is 51.5 Å². The normalized spacial score (nSPS) is 10.7. The molecule has 6 heteroatoms. The van der Waals surface area contributed by atoms with Crippen molar-refractivity contribution in [3.63, 3.8) is 0 Å². The molecule has 0 spiro atoms. The SMILES string of the molecule is CCn1nc(C)c(C(=O)N(C)CCCOc2ccc(F)cc2)c1C. The number of halogens is 1. The fraction of sp³-hybridized carbons (Fsp3) is 0.444. The van der Waals surface area contributed by atoms with Gasteiger partial charge < -0.3 is 9.64 Å². The first-order valence-corrected chi connectivity index (χ1v) is 8.11. The second-order valence-electron chi connectivity index (χ2n) is 5.74. The van der Waals surface area contributed by atoms with Crippen LogP contribution in [-0.4, -0.2) is 40.8 Å². The van der Waals surface area contributed by atoms with Crippen LogP contribution in [0.25, 0.3) is 0 Å². The highest BCUT2D eigenvalue weighted by atomic mass is 19.1. The van der Waals surface area contributed by atoms with E-state index in [2.05, 4.69) is 5.10 Å². The molecule has 0 saturated carbocycles. The van der Waals surface area contributed by atoms with Gasteiger partial charge in [0.25, 0.3) is 5.91 Å². The van der Waals surface area contributed by atoms with Crippen LogP contribution in [0.3, 0.4) is 0 Å². The lowest BCUT2D eigenvalue weighted by atomic mass is 10.1. The average molecular weight is 333 g/mol. The minimum Gasteiger partial charge on any atom is -0.494 e. The van der Waals surface area contributed by atoms with Crippen LogP contribution in [0.1, 0.15) is 35.1 Å². The molecule has 1 aromatic heterocycles. The Balaban J connectivity index is 1.86. The molecule has 0 radical (unpaired) electrons. The second-order valence-corrected chi connectivity index (χ2v) is 5.74. The van der Waals surface area contributed by atoms with Gasteiger partial charge in [-0.2, -0.15) is 5.10 Å². The molecule has 0 aliphatic heterocycles. The van der Waals surface area contributed by atoms with Gasteiger partial charge in [-0.1, -0.05) is 0 Å². The molecule has 2 aromatic rings. The van der Waals surface area contributed by atoms with E-state index in [1.807, 2.05) is 25.5 Å². The number of aromatic nitrogens is 2. The lowest BCUT2D eigenvalue weighted by Crippen LogP contribution is -2.29. The number of rotatable bonds is 7. The van der Waals surface area contributed by atoms with Crippen molar-refractivity contribution in [3.8, 4) is 5.75 Å². The fourth-order valence-corrected chi connectivity index (χ4v) is 2.63. The Bertz CT molecular complexity index is 695. The van der Waals surface area contributed by atoms with Crippen LogP contribution in [0.15, 0.2) is 24.3 Å². The summed E-state index contributed by atoms with van der Waals surface area (Å²) in [5, 5.41) is 4.39. The molecular weight excluding hydrogens is 309 g/mol. The smallest absolute Gasteiger partial charge is 0.257 e. The van der Waals surface area contributed by atoms with Gasteiger partial charge in [0.05, 0.1) is 17.9 Å². The third-order valence-corrected chi connectivity index (χ3v) is 3.96. The Morgan fingerprint density at radius 2 is 1.96 bits per heavy atom. The van der Waals surface area contributed by atoms with E-state index in [0.29, 0.717) is 30.9 Å². The van der Waals surface area contributed by atoms with E-state index < -0.39 is 0 Å². The minimum absolute atomic E-state index is 0.0218. The summed E-state index contributed by atoms with van der Waals surface area (Å²) in [6.07, 6.45) is 0.694. The molecule has 2 rings (SSSR count). The van der Waals surface area contributed by atoms with Gasteiger partial charge in [-0.15, -0.1) is 0 Å². The molecule has 0 aliphatic rings. The Morgan fingerprint density at radius 1 is 1.29 bits per heavy atom. The fourth-order valence-electron chi connectivity index (χ4n) is 2.63. The van der Waals surface area contributed by atoms with E-state index >= 15 is 0 Å². The summed E-state index contributed by atoms with van der Waals surface area (Å²) in [7, 11) is 1.78. The van der Waals surface area contributed by atoms with Gasteiger partial charge in [-0.25, -0.2) is 4.39 Å². The van der Waals surface area contributed by atoms with Crippen molar-refractivity contribution in [3.05, 3.63) is 47.0 Å². The molecule has 0 fully saturated rings. The second kappa shape index (κ2) is 7.95. The van der Waals surface area contributed by atoms with Crippen LogP contribution in [0.4, 0.5) is 4.39 Å². The molecule has 0 aliphatic carbocycles. The molecule has 1 amide bonds. The number of aryl methyl sites for hydroxylation is 2. The number of ether oxygens (including phenoxy) is 1. The molecule has 0 N–H and O–H groups in total. The molecule has 1 heterocycles. The maximum absolute atomic E-state index is 12.8. The van der Waals surface area contributed by atoms with Gasteiger partial charge in [0.15, 0.2) is 0 Å². The third kappa shape index (κ3) is 4.13. The molecule has 130 valence electrons. The first-order valence-electron chi connectivity index (χ1n) is 8.11. The van der Waals surface area contributed by atoms with Crippen molar-refractivity contribution < 1.29 is 13.9 Å². The Labute approximate surface area is 142 Å². The Hall–Kier alpha value is -2.37. The molecule has 1 aromatic carbocycles. The summed E-state index contributed by atoms with van der Waals surface area (Å²) in [6, 6.07) is 5.91. The van der Waals surface area contributed by atoms with Crippen LogP contribution in [0.2, 0.25) is 0 Å². The number of nitrogens with zero attached hydrogens (tertiary/aromatic N) is 3. The van der Waals surface area contributed by atoms with Gasteiger partial charge in [0.1, 0.15) is 11.6 Å². The first kappa shape index (κ1) is 18.0. The zero-order valence-corrected chi connectivity index (χ0v) is 14.7. The molecule has 0 atom stereocenters. The molecule has 0 bridgehead atoms. The van der Waals surface area contributed by atoms with Crippen molar-refractivity contribution >= 4 is 5.91 Å². The minimum atomic E-state index is -0.286.